The minimum atomic E-state index is -0.329. The Morgan fingerprint density at radius 2 is 1.75 bits per heavy atom. The average molecular weight is 222 g/mol. The molecule has 0 unspecified atom stereocenters. The first-order valence-corrected chi connectivity index (χ1v) is 5.59. The van der Waals surface area contributed by atoms with Gasteiger partial charge in [-0.15, -0.1) is 0 Å². The van der Waals surface area contributed by atoms with Crippen LogP contribution < -0.4 is 0 Å². The number of hydrogen-bond donors (Lipinski definition) is 0. The van der Waals surface area contributed by atoms with Gasteiger partial charge in [0.2, 0.25) is 0 Å². The van der Waals surface area contributed by atoms with Crippen molar-refractivity contribution >= 4 is 0 Å². The number of rotatable bonds is 8. The van der Waals surface area contributed by atoms with Crippen molar-refractivity contribution in [2.75, 3.05) is 13.2 Å². The third-order valence-electron chi connectivity index (χ3n) is 2.05. The van der Waals surface area contributed by atoms with Crippen molar-refractivity contribution in [1.29, 1.82) is 0 Å². The van der Waals surface area contributed by atoms with Crippen LogP contribution in [0, 0.1) is 0 Å². The number of hydrogen-bond acceptors (Lipinski definition) is 2. The first kappa shape index (κ1) is 14.9. The maximum Gasteiger partial charge on any atom is 0.184 e. The molecule has 0 saturated carbocycles. The van der Waals surface area contributed by atoms with Gasteiger partial charge in [-0.05, 0) is 26.3 Å². The van der Waals surface area contributed by atoms with Crippen LogP contribution in [0.15, 0.2) is 48.6 Å². The van der Waals surface area contributed by atoms with Gasteiger partial charge in [-0.1, -0.05) is 37.5 Å². The Balaban J connectivity index is 4.98. The molecule has 0 aromatic heterocycles. The normalized spacial score (nSPS) is 13.0. The fourth-order valence-corrected chi connectivity index (χ4v) is 1.38. The summed E-state index contributed by atoms with van der Waals surface area (Å²) in [5, 5.41) is 0. The molecule has 0 amide bonds. The molecule has 0 atom stereocenters. The average Bonchev–Trinajstić information content (AvgIpc) is 2.29. The van der Waals surface area contributed by atoms with Gasteiger partial charge in [0.25, 0.3) is 0 Å². The minimum absolute atomic E-state index is 0.329. The summed E-state index contributed by atoms with van der Waals surface area (Å²) in [4.78, 5) is 0. The van der Waals surface area contributed by atoms with Crippen LogP contribution in [-0.4, -0.2) is 19.5 Å². The smallest absolute Gasteiger partial charge is 0.184 e. The number of ether oxygens (including phenoxy) is 2. The standard InChI is InChI=1S/C14H22O2/c1-6-11-12(7-2)13(8-3)14(15-9-4)16-10-5/h6-8,11,14H,1-2,9-10H2,3-5H3/b12-11+,13-8-. The van der Waals surface area contributed by atoms with Crippen LogP contribution in [0.3, 0.4) is 0 Å². The predicted octanol–water partition coefficient (Wildman–Crippen LogP) is 3.63. The van der Waals surface area contributed by atoms with Gasteiger partial charge in [0, 0.05) is 18.8 Å². The summed E-state index contributed by atoms with van der Waals surface area (Å²) in [6.07, 6.45) is 7.06. The lowest BCUT2D eigenvalue weighted by molar-refractivity contribution is -0.109. The molecule has 0 saturated heterocycles. The Morgan fingerprint density at radius 3 is 2.06 bits per heavy atom. The third-order valence-corrected chi connectivity index (χ3v) is 2.05. The van der Waals surface area contributed by atoms with Crippen molar-refractivity contribution in [3.05, 3.63) is 48.6 Å². The molecule has 0 bridgehead atoms. The van der Waals surface area contributed by atoms with Crippen LogP contribution in [-0.2, 0) is 9.47 Å². The van der Waals surface area contributed by atoms with Crippen molar-refractivity contribution in [2.45, 2.75) is 27.1 Å². The van der Waals surface area contributed by atoms with Crippen molar-refractivity contribution in [3.8, 4) is 0 Å². The van der Waals surface area contributed by atoms with Gasteiger partial charge in [0.1, 0.15) is 0 Å². The Kier molecular flexibility index (Phi) is 8.49. The molecule has 0 aliphatic carbocycles. The largest absolute Gasteiger partial charge is 0.349 e. The van der Waals surface area contributed by atoms with E-state index in [2.05, 4.69) is 13.2 Å². The zero-order chi connectivity index (χ0) is 12.4. The van der Waals surface area contributed by atoms with E-state index >= 15 is 0 Å². The molecule has 0 radical (unpaired) electrons. The quantitative estimate of drug-likeness (QED) is 0.461. The van der Waals surface area contributed by atoms with Gasteiger partial charge in [0.15, 0.2) is 6.29 Å². The molecule has 0 aromatic rings. The Morgan fingerprint density at radius 1 is 1.19 bits per heavy atom. The molecular weight excluding hydrogens is 200 g/mol. The third kappa shape index (κ3) is 4.60. The van der Waals surface area contributed by atoms with E-state index in [0.29, 0.717) is 13.2 Å². The van der Waals surface area contributed by atoms with Crippen LogP contribution in [0.25, 0.3) is 0 Å². The fraction of sp³-hybridized carbons (Fsp3) is 0.429. The van der Waals surface area contributed by atoms with Gasteiger partial charge < -0.3 is 9.47 Å². The molecule has 16 heavy (non-hydrogen) atoms. The first-order valence-electron chi connectivity index (χ1n) is 5.59. The van der Waals surface area contributed by atoms with E-state index in [-0.39, 0.29) is 6.29 Å². The van der Waals surface area contributed by atoms with Crippen LogP contribution >= 0.6 is 0 Å². The van der Waals surface area contributed by atoms with E-state index in [1.807, 2.05) is 32.9 Å². The summed E-state index contributed by atoms with van der Waals surface area (Å²) in [5.41, 5.74) is 1.96. The van der Waals surface area contributed by atoms with Crippen LogP contribution in [0.1, 0.15) is 20.8 Å². The fourth-order valence-electron chi connectivity index (χ4n) is 1.38. The molecule has 2 nitrogen and oxygen atoms in total. The first-order chi connectivity index (χ1) is 7.74. The van der Waals surface area contributed by atoms with Gasteiger partial charge in [-0.25, -0.2) is 0 Å². The molecular formula is C14H22O2. The van der Waals surface area contributed by atoms with E-state index in [1.54, 1.807) is 12.2 Å². The molecule has 0 N–H and O–H groups in total. The molecule has 90 valence electrons. The monoisotopic (exact) mass is 222 g/mol. The Hall–Kier alpha value is -1.12. The summed E-state index contributed by atoms with van der Waals surface area (Å²) in [6, 6.07) is 0. The number of allylic oxidation sites excluding steroid dienone is 4. The molecule has 0 fully saturated rings. The second-order valence-electron chi connectivity index (χ2n) is 3.05. The summed E-state index contributed by atoms with van der Waals surface area (Å²) in [6.45, 7) is 14.5. The second kappa shape index (κ2) is 9.13. The van der Waals surface area contributed by atoms with Crippen molar-refractivity contribution in [1.82, 2.24) is 0 Å². The molecule has 0 aliphatic rings. The van der Waals surface area contributed by atoms with Crippen LogP contribution in [0.5, 0.6) is 0 Å². The van der Waals surface area contributed by atoms with Crippen LogP contribution in [0.4, 0.5) is 0 Å². The highest BCUT2D eigenvalue weighted by atomic mass is 16.7. The topological polar surface area (TPSA) is 18.5 Å². The molecule has 0 rings (SSSR count). The van der Waals surface area contributed by atoms with E-state index in [0.717, 1.165) is 11.1 Å². The lowest BCUT2D eigenvalue weighted by atomic mass is 10.0. The lowest BCUT2D eigenvalue weighted by Crippen LogP contribution is -2.20. The van der Waals surface area contributed by atoms with Gasteiger partial charge in [-0.3, -0.25) is 0 Å². The van der Waals surface area contributed by atoms with Gasteiger partial charge in [-0.2, -0.15) is 0 Å². The summed E-state index contributed by atoms with van der Waals surface area (Å²) in [5.74, 6) is 0. The van der Waals surface area contributed by atoms with E-state index in [4.69, 9.17) is 9.47 Å². The molecule has 2 heteroatoms. The second-order valence-corrected chi connectivity index (χ2v) is 3.05. The van der Waals surface area contributed by atoms with Gasteiger partial charge in [0.05, 0.1) is 0 Å². The highest BCUT2D eigenvalue weighted by Crippen LogP contribution is 2.19. The Bertz CT molecular complexity index is 268. The summed E-state index contributed by atoms with van der Waals surface area (Å²) < 4.78 is 11.1. The molecule has 0 aromatic carbocycles. The summed E-state index contributed by atoms with van der Waals surface area (Å²) in [7, 11) is 0. The van der Waals surface area contributed by atoms with E-state index in [1.165, 1.54) is 0 Å². The maximum atomic E-state index is 5.55. The van der Waals surface area contributed by atoms with Gasteiger partial charge >= 0.3 is 0 Å². The SMILES string of the molecule is C=C/C=C(C=C)/C(=C/C)C(OCC)OCC. The van der Waals surface area contributed by atoms with Crippen molar-refractivity contribution in [3.63, 3.8) is 0 Å². The highest BCUT2D eigenvalue weighted by molar-refractivity contribution is 5.42. The maximum absolute atomic E-state index is 5.55. The zero-order valence-corrected chi connectivity index (χ0v) is 10.5. The highest BCUT2D eigenvalue weighted by Gasteiger charge is 2.15. The Labute approximate surface area is 99.0 Å². The molecule has 0 heterocycles. The van der Waals surface area contributed by atoms with Crippen LogP contribution in [0.2, 0.25) is 0 Å². The minimum Gasteiger partial charge on any atom is -0.349 e. The molecule has 0 spiro atoms. The molecule has 0 aliphatic heterocycles. The van der Waals surface area contributed by atoms with Crippen molar-refractivity contribution in [2.24, 2.45) is 0 Å². The van der Waals surface area contributed by atoms with Crippen molar-refractivity contribution < 1.29 is 9.47 Å². The van der Waals surface area contributed by atoms with E-state index < -0.39 is 0 Å². The lowest BCUT2D eigenvalue weighted by Gasteiger charge is -2.20. The predicted molar refractivity (Wildman–Crippen MR) is 69.3 cm³/mol. The van der Waals surface area contributed by atoms with E-state index in [9.17, 15) is 0 Å². The zero-order valence-electron chi connectivity index (χ0n) is 10.5. The summed E-state index contributed by atoms with van der Waals surface area (Å²) >= 11 is 0.